The van der Waals surface area contributed by atoms with E-state index in [0.717, 1.165) is 74.5 Å². The zero-order chi connectivity index (χ0) is 35.1. The Kier molecular flexibility index (Phi) is 5.84. The molecule has 10 nitrogen and oxygen atoms in total. The highest BCUT2D eigenvalue weighted by molar-refractivity contribution is 5.96. The fraction of sp³-hybridized carbons (Fsp3) is 0.227. The fourth-order valence-corrected chi connectivity index (χ4v) is 10.5. The van der Waals surface area contributed by atoms with Crippen molar-refractivity contribution in [2.45, 2.75) is 44.1 Å². The van der Waals surface area contributed by atoms with Gasteiger partial charge in [-0.3, -0.25) is 33.6 Å². The molecule has 5 aromatic heterocycles. The first-order chi connectivity index (χ1) is 26.8. The molecule has 3 saturated heterocycles. The number of hydrogen-bond acceptors (Lipinski definition) is 6. The molecular weight excluding hydrogens is 669 g/mol. The van der Waals surface area contributed by atoms with Gasteiger partial charge in [-0.2, -0.15) is 0 Å². The van der Waals surface area contributed by atoms with E-state index in [1.807, 2.05) is 12.3 Å². The van der Waals surface area contributed by atoms with E-state index in [1.165, 1.54) is 42.7 Å². The van der Waals surface area contributed by atoms with Crippen LogP contribution in [0.25, 0.3) is 66.9 Å². The van der Waals surface area contributed by atoms with Crippen molar-refractivity contribution in [1.29, 1.82) is 0 Å². The van der Waals surface area contributed by atoms with Gasteiger partial charge < -0.3 is 9.80 Å². The lowest BCUT2D eigenvalue weighted by Gasteiger charge is -2.39. The third-order valence-electron chi connectivity index (χ3n) is 12.6. The van der Waals surface area contributed by atoms with Gasteiger partial charge in [-0.25, -0.2) is 4.98 Å². The molecule has 10 heteroatoms. The van der Waals surface area contributed by atoms with Gasteiger partial charge in [0.25, 0.3) is 0 Å². The van der Waals surface area contributed by atoms with E-state index in [9.17, 15) is 0 Å². The van der Waals surface area contributed by atoms with Crippen LogP contribution in [0.15, 0.2) is 127 Å². The number of imidazole rings is 3. The van der Waals surface area contributed by atoms with Crippen LogP contribution in [0.1, 0.15) is 25.7 Å². The molecule has 0 spiro atoms. The molecule has 4 aliphatic rings. The standard InChI is InChI=1S/C44H38N10/c1-2-13-33-31(12-1)48-44-51(35-14-3-4-15-36(35)53(33)44)29-11-5-10-28(24-29)49-37-19-18-30(25-39(37)52-34-16-7-20-45-32(34)26-41(49)52)50-38-17-8-22-47-43(38)54-40(50)23-27-9-6-21-46-42(27)54/h1-5,7,10-16,18-20,23-27,38,42-43,46-47H,6,8-9,17,21-22H2. The lowest BCUT2D eigenvalue weighted by atomic mass is 9.95. The Labute approximate surface area is 310 Å². The smallest absolute Gasteiger partial charge is 0.220 e. The number of nitrogens with one attached hydrogen (secondary N) is 2. The molecule has 0 amide bonds. The molecule has 9 aromatic rings. The van der Waals surface area contributed by atoms with E-state index in [0.29, 0.717) is 24.3 Å². The quantitative estimate of drug-likeness (QED) is 0.198. The van der Waals surface area contributed by atoms with Gasteiger partial charge in [0.15, 0.2) is 0 Å². The highest BCUT2D eigenvalue weighted by Gasteiger charge is 2.52. The van der Waals surface area contributed by atoms with Crippen LogP contribution in [0.3, 0.4) is 0 Å². The Morgan fingerprint density at radius 3 is 2.26 bits per heavy atom. The fourth-order valence-electron chi connectivity index (χ4n) is 10.5. The van der Waals surface area contributed by atoms with Crippen LogP contribution in [0, 0.1) is 5.92 Å². The summed E-state index contributed by atoms with van der Waals surface area (Å²) >= 11 is 0. The zero-order valence-corrected chi connectivity index (χ0v) is 29.7. The molecule has 264 valence electrons. The first-order valence-corrected chi connectivity index (χ1v) is 19.4. The van der Waals surface area contributed by atoms with Crippen LogP contribution in [0.4, 0.5) is 5.69 Å². The largest absolute Gasteiger partial charge is 0.324 e. The number of hydrogen-bond donors (Lipinski definition) is 2. The monoisotopic (exact) mass is 706 g/mol. The number of rotatable bonds is 3. The Morgan fingerprint density at radius 2 is 1.33 bits per heavy atom. The number of pyridine rings is 1. The number of nitrogens with zero attached hydrogens (tertiary/aromatic N) is 8. The van der Waals surface area contributed by atoms with Gasteiger partial charge in [-0.1, -0.05) is 30.3 Å². The van der Waals surface area contributed by atoms with Crippen molar-refractivity contribution in [2.24, 2.45) is 5.92 Å². The summed E-state index contributed by atoms with van der Waals surface area (Å²) in [5.41, 5.74) is 13.3. The number of benzene rings is 4. The van der Waals surface area contributed by atoms with Crippen LogP contribution in [0.5, 0.6) is 0 Å². The molecule has 0 saturated carbocycles. The topological polar surface area (TPSA) is 75.0 Å². The third-order valence-corrected chi connectivity index (χ3v) is 12.6. The van der Waals surface area contributed by atoms with E-state index in [2.05, 4.69) is 148 Å². The molecule has 9 heterocycles. The molecule has 54 heavy (non-hydrogen) atoms. The first kappa shape index (κ1) is 29.4. The lowest BCUT2D eigenvalue weighted by molar-refractivity contribution is 0.108. The van der Waals surface area contributed by atoms with Crippen LogP contribution in [-0.4, -0.2) is 64.3 Å². The van der Waals surface area contributed by atoms with Crippen molar-refractivity contribution in [3.8, 4) is 11.4 Å². The number of para-hydroxylation sites is 4. The van der Waals surface area contributed by atoms with Gasteiger partial charge in [-0.05, 0) is 118 Å². The molecule has 0 bridgehead atoms. The maximum atomic E-state index is 5.16. The number of fused-ring (bicyclic) bond motifs is 15. The van der Waals surface area contributed by atoms with Crippen LogP contribution < -0.4 is 15.5 Å². The number of piperidine rings is 2. The maximum Gasteiger partial charge on any atom is 0.220 e. The molecule has 0 aliphatic carbocycles. The van der Waals surface area contributed by atoms with Crippen LogP contribution in [-0.2, 0) is 0 Å². The average Bonchev–Trinajstić information content (AvgIpc) is 4.05. The molecule has 2 N–H and O–H groups in total. The predicted molar refractivity (Wildman–Crippen MR) is 214 cm³/mol. The highest BCUT2D eigenvalue weighted by atomic mass is 15.5. The second-order valence-corrected chi connectivity index (χ2v) is 15.4. The molecule has 4 aromatic carbocycles. The summed E-state index contributed by atoms with van der Waals surface area (Å²) < 4.78 is 9.40. The molecule has 13 rings (SSSR count). The Hall–Kier alpha value is -6.10. The van der Waals surface area contributed by atoms with E-state index < -0.39 is 0 Å². The van der Waals surface area contributed by atoms with Crippen molar-refractivity contribution in [1.82, 2.24) is 43.4 Å². The van der Waals surface area contributed by atoms with Gasteiger partial charge in [-0.15, -0.1) is 0 Å². The van der Waals surface area contributed by atoms with E-state index in [1.54, 1.807) is 0 Å². The summed E-state index contributed by atoms with van der Waals surface area (Å²) in [7, 11) is 0. The molecule has 3 fully saturated rings. The second-order valence-electron chi connectivity index (χ2n) is 15.4. The summed E-state index contributed by atoms with van der Waals surface area (Å²) in [6.45, 7) is 2.16. The number of anilines is 1. The van der Waals surface area contributed by atoms with Gasteiger partial charge in [0.2, 0.25) is 5.78 Å². The summed E-state index contributed by atoms with van der Waals surface area (Å²) in [6.07, 6.45) is 9.98. The summed E-state index contributed by atoms with van der Waals surface area (Å²) in [6, 6.07) is 39.9. The van der Waals surface area contributed by atoms with E-state index in [4.69, 9.17) is 9.97 Å². The Morgan fingerprint density at radius 1 is 0.574 bits per heavy atom. The van der Waals surface area contributed by atoms with Crippen molar-refractivity contribution in [3.05, 3.63) is 127 Å². The minimum absolute atomic E-state index is 0.314. The second kappa shape index (κ2) is 10.7. The van der Waals surface area contributed by atoms with Gasteiger partial charge in [0.05, 0.1) is 62.0 Å². The summed E-state index contributed by atoms with van der Waals surface area (Å²) in [5, 5.41) is 7.80. The van der Waals surface area contributed by atoms with E-state index in [-0.39, 0.29) is 0 Å². The van der Waals surface area contributed by atoms with E-state index >= 15 is 0 Å². The molecule has 0 radical (unpaired) electrons. The third kappa shape index (κ3) is 3.81. The molecule has 4 unspecified atom stereocenters. The van der Waals surface area contributed by atoms with Crippen molar-refractivity contribution in [2.75, 3.05) is 18.0 Å². The minimum atomic E-state index is 0.314. The SMILES string of the molecule is C1=C2N(c3ccc4c(c3)n3c5cccnc5cc3n4-c3cccc(-n4c5ccccc5n5c6ccccc6nc45)c3)C3CCCNC3N2C2NCCCC12. The van der Waals surface area contributed by atoms with Crippen molar-refractivity contribution < 1.29 is 0 Å². The van der Waals surface area contributed by atoms with Gasteiger partial charge >= 0.3 is 0 Å². The van der Waals surface area contributed by atoms with Gasteiger partial charge in [0, 0.05) is 29.6 Å². The lowest BCUT2D eigenvalue weighted by Crippen LogP contribution is -2.58. The van der Waals surface area contributed by atoms with Crippen molar-refractivity contribution >= 4 is 61.2 Å². The van der Waals surface area contributed by atoms with Gasteiger partial charge in [0.1, 0.15) is 17.6 Å². The Bertz CT molecular complexity index is 3030. The minimum Gasteiger partial charge on any atom is -0.324 e. The summed E-state index contributed by atoms with van der Waals surface area (Å²) in [5.74, 6) is 2.82. The molecular formula is C44H38N10. The van der Waals surface area contributed by atoms with Crippen LogP contribution >= 0.6 is 0 Å². The zero-order valence-electron chi connectivity index (χ0n) is 29.7. The Balaban J connectivity index is 1.02. The van der Waals surface area contributed by atoms with Crippen molar-refractivity contribution in [3.63, 3.8) is 0 Å². The average molecular weight is 707 g/mol. The number of aromatic nitrogens is 6. The normalized spacial score (nSPS) is 22.6. The first-order valence-electron chi connectivity index (χ1n) is 19.4. The maximum absolute atomic E-state index is 5.16. The molecule has 4 aliphatic heterocycles. The highest BCUT2D eigenvalue weighted by Crippen LogP contribution is 2.46. The summed E-state index contributed by atoms with van der Waals surface area (Å²) in [4.78, 5) is 15.3. The molecule has 4 atom stereocenters. The van der Waals surface area contributed by atoms with Crippen LogP contribution in [0.2, 0.25) is 0 Å². The predicted octanol–water partition coefficient (Wildman–Crippen LogP) is 7.56.